The predicted molar refractivity (Wildman–Crippen MR) is 102 cm³/mol. The van der Waals surface area contributed by atoms with Crippen LogP contribution in [-0.2, 0) is 16.1 Å². The topological polar surface area (TPSA) is 80.6 Å². The van der Waals surface area contributed by atoms with Gasteiger partial charge in [-0.1, -0.05) is 12.1 Å². The van der Waals surface area contributed by atoms with Gasteiger partial charge in [-0.3, -0.25) is 14.9 Å². The van der Waals surface area contributed by atoms with E-state index in [1.54, 1.807) is 41.1 Å². The number of halogens is 1. The molecular weight excluding hydrogens is 363 g/mol. The predicted octanol–water partition coefficient (Wildman–Crippen LogP) is 2.35. The molecule has 2 heterocycles. The fourth-order valence-corrected chi connectivity index (χ4v) is 3.53. The van der Waals surface area contributed by atoms with E-state index in [1.165, 1.54) is 19.2 Å². The Labute approximate surface area is 159 Å². The fourth-order valence-electron chi connectivity index (χ4n) is 3.53. The SMILES string of the molecule is COc1cccc(C2=C(c3cn(CCO)c4ccc(F)cc34)C(=O)NC2=O)c1. The number of nitrogens with one attached hydrogen (secondary N) is 1. The zero-order valence-corrected chi connectivity index (χ0v) is 15.0. The zero-order chi connectivity index (χ0) is 19.8. The molecule has 2 amide bonds. The molecule has 0 saturated heterocycles. The summed E-state index contributed by atoms with van der Waals surface area (Å²) in [6.07, 6.45) is 1.66. The summed E-state index contributed by atoms with van der Waals surface area (Å²) in [7, 11) is 1.51. The Morgan fingerprint density at radius 3 is 2.64 bits per heavy atom. The van der Waals surface area contributed by atoms with Crippen LogP contribution in [0.4, 0.5) is 4.39 Å². The molecule has 0 saturated carbocycles. The number of methoxy groups -OCH3 is 1. The molecule has 0 bridgehead atoms. The number of imide groups is 1. The third-order valence-electron chi connectivity index (χ3n) is 4.74. The maximum atomic E-state index is 13.9. The molecule has 0 spiro atoms. The van der Waals surface area contributed by atoms with E-state index in [0.717, 1.165) is 0 Å². The van der Waals surface area contributed by atoms with E-state index < -0.39 is 17.6 Å². The number of rotatable bonds is 5. The summed E-state index contributed by atoms with van der Waals surface area (Å²) in [6, 6.07) is 11.1. The van der Waals surface area contributed by atoms with E-state index in [2.05, 4.69) is 5.32 Å². The molecular formula is C21H17FN2O4. The number of carbonyl (C=O) groups is 2. The van der Waals surface area contributed by atoms with Gasteiger partial charge in [0.05, 0.1) is 24.9 Å². The minimum atomic E-state index is -0.546. The number of amides is 2. The normalized spacial score (nSPS) is 14.1. The second kappa shape index (κ2) is 6.94. The van der Waals surface area contributed by atoms with E-state index in [0.29, 0.717) is 27.8 Å². The number of benzene rings is 2. The van der Waals surface area contributed by atoms with Gasteiger partial charge >= 0.3 is 0 Å². The fraction of sp³-hybridized carbons (Fsp3) is 0.143. The van der Waals surface area contributed by atoms with Crippen LogP contribution in [0.2, 0.25) is 0 Å². The van der Waals surface area contributed by atoms with E-state index in [9.17, 15) is 19.1 Å². The van der Waals surface area contributed by atoms with Crippen molar-refractivity contribution in [1.29, 1.82) is 0 Å². The van der Waals surface area contributed by atoms with Crippen molar-refractivity contribution in [3.05, 3.63) is 65.6 Å². The summed E-state index contributed by atoms with van der Waals surface area (Å²) in [5.74, 6) is -0.975. The molecule has 7 heteroatoms. The lowest BCUT2D eigenvalue weighted by atomic mass is 9.96. The summed E-state index contributed by atoms with van der Waals surface area (Å²) < 4.78 is 20.9. The summed E-state index contributed by atoms with van der Waals surface area (Å²) in [5, 5.41) is 12.2. The first-order valence-electron chi connectivity index (χ1n) is 8.67. The molecule has 1 aliphatic rings. The Morgan fingerprint density at radius 2 is 1.89 bits per heavy atom. The second-order valence-electron chi connectivity index (χ2n) is 6.39. The van der Waals surface area contributed by atoms with Crippen LogP contribution in [0.1, 0.15) is 11.1 Å². The Kier molecular flexibility index (Phi) is 4.44. The Morgan fingerprint density at radius 1 is 1.11 bits per heavy atom. The third kappa shape index (κ3) is 2.86. The number of nitrogens with zero attached hydrogens (tertiary/aromatic N) is 1. The van der Waals surface area contributed by atoms with Gasteiger partial charge in [-0.2, -0.15) is 0 Å². The Hall–Kier alpha value is -3.45. The lowest BCUT2D eigenvalue weighted by molar-refractivity contribution is -0.122. The van der Waals surface area contributed by atoms with Gasteiger partial charge in [0.25, 0.3) is 11.8 Å². The molecule has 0 atom stereocenters. The number of fused-ring (bicyclic) bond motifs is 1. The van der Waals surface area contributed by atoms with Gasteiger partial charge in [0.2, 0.25) is 0 Å². The lowest BCUT2D eigenvalue weighted by Crippen LogP contribution is -2.22. The highest BCUT2D eigenvalue weighted by Crippen LogP contribution is 2.37. The largest absolute Gasteiger partial charge is 0.497 e. The number of hydrogen-bond donors (Lipinski definition) is 2. The summed E-state index contributed by atoms with van der Waals surface area (Å²) in [4.78, 5) is 25.2. The second-order valence-corrected chi connectivity index (χ2v) is 6.39. The van der Waals surface area contributed by atoms with Crippen LogP contribution in [0, 0.1) is 5.82 Å². The summed E-state index contributed by atoms with van der Waals surface area (Å²) in [5.41, 5.74) is 2.00. The average molecular weight is 380 g/mol. The van der Waals surface area contributed by atoms with Crippen molar-refractivity contribution in [2.45, 2.75) is 6.54 Å². The summed E-state index contributed by atoms with van der Waals surface area (Å²) >= 11 is 0. The molecule has 2 N–H and O–H groups in total. The monoisotopic (exact) mass is 380 g/mol. The first-order chi connectivity index (χ1) is 13.5. The number of aromatic nitrogens is 1. The minimum Gasteiger partial charge on any atom is -0.497 e. The number of hydrogen-bond acceptors (Lipinski definition) is 4. The molecule has 1 aliphatic heterocycles. The van der Waals surface area contributed by atoms with Crippen LogP contribution in [0.25, 0.3) is 22.0 Å². The first kappa shape index (κ1) is 17.9. The van der Waals surface area contributed by atoms with Crippen LogP contribution >= 0.6 is 0 Å². The molecule has 142 valence electrons. The van der Waals surface area contributed by atoms with Crippen LogP contribution in [0.5, 0.6) is 5.75 Å². The van der Waals surface area contributed by atoms with Crippen LogP contribution < -0.4 is 10.1 Å². The highest BCUT2D eigenvalue weighted by molar-refractivity contribution is 6.50. The minimum absolute atomic E-state index is 0.118. The quantitative estimate of drug-likeness (QED) is 0.666. The van der Waals surface area contributed by atoms with E-state index in [-0.39, 0.29) is 24.3 Å². The van der Waals surface area contributed by atoms with Gasteiger partial charge in [0.15, 0.2) is 0 Å². The van der Waals surface area contributed by atoms with Gasteiger partial charge in [-0.15, -0.1) is 0 Å². The summed E-state index contributed by atoms with van der Waals surface area (Å²) in [6.45, 7) is 0.160. The molecule has 1 aromatic heterocycles. The van der Waals surface area contributed by atoms with Gasteiger partial charge in [-0.25, -0.2) is 4.39 Å². The standard InChI is InChI=1S/C21H17FN2O4/c1-28-14-4-2-3-12(9-14)18-19(21(27)23-20(18)26)16-11-24(7-8-25)17-6-5-13(22)10-15(16)17/h2-6,9-11,25H,7-8H2,1H3,(H,23,26,27). The number of aliphatic hydroxyl groups excluding tert-OH is 1. The van der Waals surface area contributed by atoms with Crippen LogP contribution in [0.3, 0.4) is 0 Å². The number of aliphatic hydroxyl groups is 1. The number of carbonyl (C=O) groups excluding carboxylic acids is 2. The molecule has 2 aromatic carbocycles. The molecule has 6 nitrogen and oxygen atoms in total. The van der Waals surface area contributed by atoms with Gasteiger partial charge in [-0.05, 0) is 35.9 Å². The van der Waals surface area contributed by atoms with E-state index in [1.807, 2.05) is 0 Å². The van der Waals surface area contributed by atoms with Gasteiger partial charge in [0.1, 0.15) is 11.6 Å². The molecule has 4 rings (SSSR count). The maximum absolute atomic E-state index is 13.9. The van der Waals surface area contributed by atoms with Crippen molar-refractivity contribution < 1.29 is 23.8 Å². The first-order valence-corrected chi connectivity index (χ1v) is 8.67. The van der Waals surface area contributed by atoms with Crippen molar-refractivity contribution in [2.75, 3.05) is 13.7 Å². The van der Waals surface area contributed by atoms with Gasteiger partial charge in [0, 0.05) is 29.2 Å². The maximum Gasteiger partial charge on any atom is 0.259 e. The van der Waals surface area contributed by atoms with Crippen LogP contribution in [-0.4, -0.2) is 35.2 Å². The zero-order valence-electron chi connectivity index (χ0n) is 15.0. The lowest BCUT2D eigenvalue weighted by Gasteiger charge is -2.06. The van der Waals surface area contributed by atoms with E-state index in [4.69, 9.17) is 4.74 Å². The molecule has 0 fully saturated rings. The molecule has 0 aliphatic carbocycles. The number of ether oxygens (including phenoxy) is 1. The van der Waals surface area contributed by atoms with Crippen molar-refractivity contribution >= 4 is 33.9 Å². The highest BCUT2D eigenvalue weighted by Gasteiger charge is 2.34. The Balaban J connectivity index is 2.02. The van der Waals surface area contributed by atoms with E-state index >= 15 is 0 Å². The van der Waals surface area contributed by atoms with Crippen molar-refractivity contribution in [3.8, 4) is 5.75 Å². The third-order valence-corrected chi connectivity index (χ3v) is 4.74. The van der Waals surface area contributed by atoms with Crippen molar-refractivity contribution in [2.24, 2.45) is 0 Å². The van der Waals surface area contributed by atoms with Crippen molar-refractivity contribution in [1.82, 2.24) is 9.88 Å². The van der Waals surface area contributed by atoms with Crippen LogP contribution in [0.15, 0.2) is 48.7 Å². The van der Waals surface area contributed by atoms with Gasteiger partial charge < -0.3 is 14.4 Å². The van der Waals surface area contributed by atoms with Crippen molar-refractivity contribution in [3.63, 3.8) is 0 Å². The molecule has 0 unspecified atom stereocenters. The highest BCUT2D eigenvalue weighted by atomic mass is 19.1. The average Bonchev–Trinajstić information content (AvgIpc) is 3.18. The molecule has 28 heavy (non-hydrogen) atoms. The smallest absolute Gasteiger partial charge is 0.259 e. The molecule has 3 aromatic rings. The Bertz CT molecular complexity index is 1150. The molecule has 0 radical (unpaired) electrons.